The molecule has 0 radical (unpaired) electrons. The number of aliphatic hydroxyl groups excluding tert-OH is 1. The summed E-state index contributed by atoms with van der Waals surface area (Å²) in [6, 6.07) is 0. The number of carbonyl (C=O) groups is 2. The first-order valence-electron chi connectivity index (χ1n) is 13.3. The number of allylic oxidation sites excluding steroid dienone is 1. The number of aliphatic hydroxyl groups is 1. The minimum absolute atomic E-state index is 0.00342. The third kappa shape index (κ3) is 3.66. The number of alkyl halides is 1. The Morgan fingerprint density at radius 2 is 1.75 bits per heavy atom. The van der Waals surface area contributed by atoms with Crippen LogP contribution in [0.5, 0.6) is 0 Å². The highest BCUT2D eigenvalue weighted by molar-refractivity contribution is 14.1. The molecule has 3 aliphatic carbocycles. The average molecular weight is 621 g/mol. The van der Waals surface area contributed by atoms with Crippen molar-refractivity contribution in [2.45, 2.75) is 100 Å². The number of unbranched alkanes of at least 4 members (excludes halogenated alkanes) is 2. The molecule has 4 aliphatic rings. The predicted octanol–water partition coefficient (Wildman–Crippen LogP) is 5.02. The number of halogens is 1. The van der Waals surface area contributed by atoms with Crippen LogP contribution >= 0.6 is 22.6 Å². The molecule has 1 N–H and O–H groups in total. The molecule has 3 fully saturated rings. The van der Waals surface area contributed by atoms with Crippen molar-refractivity contribution in [1.82, 2.24) is 0 Å². The third-order valence-corrected chi connectivity index (χ3v) is 11.4. The lowest BCUT2D eigenvalue weighted by atomic mass is 9.56. The van der Waals surface area contributed by atoms with Crippen LogP contribution in [0, 0.1) is 17.3 Å². The van der Waals surface area contributed by atoms with E-state index in [2.05, 4.69) is 43.4 Å². The van der Waals surface area contributed by atoms with Gasteiger partial charge in [0.05, 0.1) is 12.3 Å². The largest absolute Gasteiger partial charge is 0.504 e. The van der Waals surface area contributed by atoms with Crippen molar-refractivity contribution >= 4 is 34.3 Å². The fourth-order valence-corrected chi connectivity index (χ4v) is 9.51. The Hall–Kier alpha value is -0.750. The highest BCUT2D eigenvalue weighted by Gasteiger charge is 2.91. The van der Waals surface area contributed by atoms with E-state index in [1.54, 1.807) is 6.92 Å². The molecule has 9 heteroatoms. The van der Waals surface area contributed by atoms with Gasteiger partial charge in [0, 0.05) is 18.6 Å². The van der Waals surface area contributed by atoms with Gasteiger partial charge < -0.3 is 28.8 Å². The van der Waals surface area contributed by atoms with Crippen molar-refractivity contribution in [1.29, 1.82) is 0 Å². The normalized spacial score (nSPS) is 41.4. The number of carbonyl (C=O) groups excluding carboxylic acids is 2. The summed E-state index contributed by atoms with van der Waals surface area (Å²) in [6.45, 7) is 11.2. The molecule has 204 valence electrons. The molecule has 4 rings (SSSR count). The number of hydrogen-bond acceptors (Lipinski definition) is 8. The number of ketones is 1. The fraction of sp³-hybridized carbons (Fsp3) is 0.852. The molecule has 36 heavy (non-hydrogen) atoms. The molecule has 0 aromatic rings. The van der Waals surface area contributed by atoms with Gasteiger partial charge in [-0.2, -0.15) is 0 Å². The maximum Gasteiger partial charge on any atom is 0.307 e. The Balaban J connectivity index is 1.83. The molecule has 0 amide bonds. The summed E-state index contributed by atoms with van der Waals surface area (Å²) >= 11 is 2.26. The maximum atomic E-state index is 13.6. The zero-order valence-electron chi connectivity index (χ0n) is 22.2. The Kier molecular flexibility index (Phi) is 8.19. The molecular weight excluding hydrogens is 579 g/mol. The van der Waals surface area contributed by atoms with Gasteiger partial charge in [0.2, 0.25) is 5.78 Å². The van der Waals surface area contributed by atoms with E-state index in [-0.39, 0.29) is 43.4 Å². The first-order chi connectivity index (χ1) is 17.1. The molecular formula is C27H41IO8. The summed E-state index contributed by atoms with van der Waals surface area (Å²) in [6.07, 6.45) is 4.65. The Labute approximate surface area is 227 Å². The molecule has 0 aromatic carbocycles. The van der Waals surface area contributed by atoms with Crippen molar-refractivity contribution in [2.24, 2.45) is 17.3 Å². The number of Topliss-reactive ketones (excluding diaryl/α,β-unsaturated/α-hetero) is 1. The summed E-state index contributed by atoms with van der Waals surface area (Å²) in [5.74, 6) is -1.64. The van der Waals surface area contributed by atoms with Crippen LogP contribution in [-0.4, -0.2) is 64.4 Å². The van der Waals surface area contributed by atoms with Gasteiger partial charge in [-0.15, -0.1) is 0 Å². The van der Waals surface area contributed by atoms with E-state index in [0.29, 0.717) is 25.2 Å². The van der Waals surface area contributed by atoms with E-state index in [9.17, 15) is 14.7 Å². The predicted molar refractivity (Wildman–Crippen MR) is 141 cm³/mol. The SMILES string of the molecule is CCCCOCOC1C(C)CCC2(OCOCCCC)C3(C)CC(=O)OC12C1(I)C(C)=C(O)C(=O)C31. The summed E-state index contributed by atoms with van der Waals surface area (Å²) in [7, 11) is 0. The molecule has 0 spiro atoms. The van der Waals surface area contributed by atoms with Crippen molar-refractivity contribution in [3.63, 3.8) is 0 Å². The molecule has 2 bridgehead atoms. The van der Waals surface area contributed by atoms with Crippen LogP contribution in [0.25, 0.3) is 0 Å². The summed E-state index contributed by atoms with van der Waals surface area (Å²) in [5, 5.41) is 10.9. The number of rotatable bonds is 12. The maximum absolute atomic E-state index is 13.6. The summed E-state index contributed by atoms with van der Waals surface area (Å²) in [5.41, 5.74) is -2.75. The lowest BCUT2D eigenvalue weighted by molar-refractivity contribution is -0.327. The van der Waals surface area contributed by atoms with Crippen LogP contribution < -0.4 is 0 Å². The molecule has 8 nitrogen and oxygen atoms in total. The van der Waals surface area contributed by atoms with Crippen LogP contribution in [0.2, 0.25) is 0 Å². The van der Waals surface area contributed by atoms with Gasteiger partial charge in [-0.1, -0.05) is 63.1 Å². The van der Waals surface area contributed by atoms with E-state index in [1.165, 1.54) is 0 Å². The van der Waals surface area contributed by atoms with E-state index in [0.717, 1.165) is 32.1 Å². The topological polar surface area (TPSA) is 101 Å². The van der Waals surface area contributed by atoms with Crippen molar-refractivity contribution in [3.05, 3.63) is 11.3 Å². The molecule has 0 aromatic heterocycles. The van der Waals surface area contributed by atoms with Gasteiger partial charge in [0.15, 0.2) is 11.4 Å². The Morgan fingerprint density at radius 1 is 1.11 bits per heavy atom. The van der Waals surface area contributed by atoms with Crippen LogP contribution in [-0.2, 0) is 33.3 Å². The molecule has 1 aliphatic heterocycles. The number of hydrogen-bond donors (Lipinski definition) is 1. The van der Waals surface area contributed by atoms with Gasteiger partial charge in [0.25, 0.3) is 0 Å². The lowest BCUT2D eigenvalue weighted by Crippen LogP contribution is -2.77. The van der Waals surface area contributed by atoms with Gasteiger partial charge in [-0.25, -0.2) is 0 Å². The second kappa shape index (κ2) is 10.4. The highest BCUT2D eigenvalue weighted by atomic mass is 127. The van der Waals surface area contributed by atoms with Gasteiger partial charge in [-0.05, 0) is 44.1 Å². The first kappa shape index (κ1) is 28.3. The minimum Gasteiger partial charge on any atom is -0.504 e. The van der Waals surface area contributed by atoms with E-state index in [4.69, 9.17) is 23.7 Å². The van der Waals surface area contributed by atoms with E-state index in [1.807, 2.05) is 6.92 Å². The zero-order chi connectivity index (χ0) is 26.4. The smallest absolute Gasteiger partial charge is 0.307 e. The summed E-state index contributed by atoms with van der Waals surface area (Å²) in [4.78, 5) is 26.9. The van der Waals surface area contributed by atoms with Gasteiger partial charge in [0.1, 0.15) is 28.7 Å². The van der Waals surface area contributed by atoms with E-state index < -0.39 is 32.1 Å². The average Bonchev–Trinajstić information content (AvgIpc) is 3.05. The van der Waals surface area contributed by atoms with Crippen molar-refractivity contribution < 1.29 is 38.4 Å². The van der Waals surface area contributed by atoms with Gasteiger partial charge in [-0.3, -0.25) is 9.59 Å². The standard InChI is InChI=1S/C27H41IO8/c1-6-8-12-32-15-34-23-17(3)10-11-25(35-16-33-13-9-7-2)24(5)14-19(29)36-27(23,25)26(28)18(4)20(30)21(31)22(24)26/h17,22-23,30H,6-16H2,1-5H3. The van der Waals surface area contributed by atoms with Crippen molar-refractivity contribution in [3.8, 4) is 0 Å². The monoisotopic (exact) mass is 620 g/mol. The number of esters is 1. The van der Waals surface area contributed by atoms with E-state index >= 15 is 0 Å². The second-order valence-corrected chi connectivity index (χ2v) is 12.8. The fourth-order valence-electron chi connectivity index (χ4n) is 7.43. The third-order valence-electron chi connectivity index (χ3n) is 9.15. The van der Waals surface area contributed by atoms with Crippen LogP contribution in [0.3, 0.4) is 0 Å². The Bertz CT molecular complexity index is 906. The lowest BCUT2D eigenvalue weighted by Gasteiger charge is -2.62. The van der Waals surface area contributed by atoms with Crippen LogP contribution in [0.1, 0.15) is 79.6 Å². The quantitative estimate of drug-likeness (QED) is 0.107. The van der Waals surface area contributed by atoms with Gasteiger partial charge >= 0.3 is 5.97 Å². The molecule has 7 unspecified atom stereocenters. The molecule has 1 saturated heterocycles. The van der Waals surface area contributed by atoms with Crippen molar-refractivity contribution in [2.75, 3.05) is 26.8 Å². The zero-order valence-corrected chi connectivity index (χ0v) is 24.4. The number of fused-ring (bicyclic) bond motifs is 2. The van der Waals surface area contributed by atoms with Crippen LogP contribution in [0.15, 0.2) is 11.3 Å². The first-order valence-corrected chi connectivity index (χ1v) is 14.4. The minimum atomic E-state index is -1.33. The highest BCUT2D eigenvalue weighted by Crippen LogP contribution is 2.78. The molecule has 7 atom stereocenters. The molecule has 1 heterocycles. The van der Waals surface area contributed by atoms with Crippen LogP contribution in [0.4, 0.5) is 0 Å². The Morgan fingerprint density at radius 3 is 2.39 bits per heavy atom. The second-order valence-electron chi connectivity index (χ2n) is 11.1. The molecule has 2 saturated carbocycles. The number of ether oxygens (including phenoxy) is 5. The summed E-state index contributed by atoms with van der Waals surface area (Å²) < 4.78 is 30.2.